The first-order valence-corrected chi connectivity index (χ1v) is 14.3. The summed E-state index contributed by atoms with van der Waals surface area (Å²) in [6.45, 7) is 5.82. The summed E-state index contributed by atoms with van der Waals surface area (Å²) < 4.78 is 21.1. The van der Waals surface area contributed by atoms with Crippen LogP contribution in [-0.2, 0) is 24.4 Å². The van der Waals surface area contributed by atoms with E-state index < -0.39 is 6.04 Å². The highest BCUT2D eigenvalue weighted by atomic mass is 19.1. The van der Waals surface area contributed by atoms with Crippen LogP contribution in [0.5, 0.6) is 11.5 Å². The number of benzene rings is 3. The predicted octanol–water partition coefficient (Wildman–Crippen LogP) is 5.21. The normalized spacial score (nSPS) is 14.6. The molecule has 2 N–H and O–H groups in total. The van der Waals surface area contributed by atoms with Crippen molar-refractivity contribution in [3.8, 4) is 11.5 Å². The summed E-state index contributed by atoms with van der Waals surface area (Å²) in [4.78, 5) is 28.9. The number of hydrogen-bond acceptors (Lipinski definition) is 5. The van der Waals surface area contributed by atoms with Gasteiger partial charge in [-0.1, -0.05) is 36.8 Å². The van der Waals surface area contributed by atoms with Crippen LogP contribution in [0.2, 0.25) is 0 Å². The van der Waals surface area contributed by atoms with Crippen LogP contribution >= 0.6 is 0 Å². The molecule has 1 atom stereocenters. The molecule has 4 aromatic rings. The van der Waals surface area contributed by atoms with E-state index in [-0.39, 0.29) is 23.8 Å². The summed E-state index contributed by atoms with van der Waals surface area (Å²) in [5.41, 5.74) is 2.17. The summed E-state index contributed by atoms with van der Waals surface area (Å²) in [5, 5.41) is 7.01. The van der Waals surface area contributed by atoms with Crippen LogP contribution in [0.3, 0.4) is 0 Å². The van der Waals surface area contributed by atoms with Crippen LogP contribution < -0.4 is 20.9 Å². The van der Waals surface area contributed by atoms with Gasteiger partial charge in [0, 0.05) is 37.8 Å². The van der Waals surface area contributed by atoms with Crippen LogP contribution in [0.25, 0.3) is 10.9 Å². The van der Waals surface area contributed by atoms with E-state index in [4.69, 9.17) is 4.74 Å². The summed E-state index contributed by atoms with van der Waals surface area (Å²) in [7, 11) is 0. The molecule has 0 bridgehead atoms. The van der Waals surface area contributed by atoms with Crippen molar-refractivity contribution in [2.24, 2.45) is 0 Å². The predicted molar refractivity (Wildman–Crippen MR) is 160 cm³/mol. The highest BCUT2D eigenvalue weighted by Crippen LogP contribution is 2.26. The molecular formula is C33H37FN4O3. The molecule has 0 unspecified atom stereocenters. The fraction of sp³-hybridized carbons (Fsp3) is 0.333. The number of carbonyl (C=O) groups excluding carboxylic acids is 1. The monoisotopic (exact) mass is 556 g/mol. The Morgan fingerprint density at radius 3 is 2.41 bits per heavy atom. The smallest absolute Gasteiger partial charge is 0.255 e. The molecule has 1 aliphatic heterocycles. The molecule has 1 amide bonds. The molecule has 1 aliphatic rings. The van der Waals surface area contributed by atoms with Gasteiger partial charge >= 0.3 is 0 Å². The van der Waals surface area contributed by atoms with Crippen molar-refractivity contribution in [3.63, 3.8) is 0 Å². The van der Waals surface area contributed by atoms with Crippen molar-refractivity contribution in [2.75, 3.05) is 19.6 Å². The minimum Gasteiger partial charge on any atom is -0.457 e. The molecule has 0 radical (unpaired) electrons. The van der Waals surface area contributed by atoms with E-state index in [0.717, 1.165) is 41.9 Å². The molecule has 214 valence electrons. The number of fused-ring (bicyclic) bond motifs is 1. The Morgan fingerprint density at radius 2 is 1.66 bits per heavy atom. The molecular weight excluding hydrogens is 519 g/mol. The van der Waals surface area contributed by atoms with Crippen molar-refractivity contribution in [3.05, 3.63) is 106 Å². The van der Waals surface area contributed by atoms with Gasteiger partial charge in [0.1, 0.15) is 17.3 Å². The number of rotatable bonds is 11. The minimum absolute atomic E-state index is 0.0715. The maximum atomic E-state index is 13.8. The van der Waals surface area contributed by atoms with Crippen LogP contribution in [0.4, 0.5) is 4.39 Å². The molecule has 1 fully saturated rings. The summed E-state index contributed by atoms with van der Waals surface area (Å²) >= 11 is 0. The van der Waals surface area contributed by atoms with E-state index in [1.54, 1.807) is 19.1 Å². The molecule has 5 rings (SSSR count). The average Bonchev–Trinajstić information content (AvgIpc) is 3.00. The van der Waals surface area contributed by atoms with E-state index in [9.17, 15) is 14.0 Å². The maximum absolute atomic E-state index is 13.8. The number of nitrogens with one attached hydrogen (secondary N) is 2. The minimum atomic E-state index is -0.519. The van der Waals surface area contributed by atoms with Crippen molar-refractivity contribution >= 4 is 16.8 Å². The molecule has 0 saturated carbocycles. The van der Waals surface area contributed by atoms with E-state index in [1.807, 2.05) is 59.2 Å². The van der Waals surface area contributed by atoms with Gasteiger partial charge in [0.05, 0.1) is 11.6 Å². The number of pyridine rings is 1. The zero-order chi connectivity index (χ0) is 28.6. The zero-order valence-corrected chi connectivity index (χ0v) is 23.4. The molecule has 7 nitrogen and oxygen atoms in total. The van der Waals surface area contributed by atoms with Gasteiger partial charge in [-0.2, -0.15) is 0 Å². The summed E-state index contributed by atoms with van der Waals surface area (Å²) in [5.74, 6) is 0.906. The van der Waals surface area contributed by atoms with Crippen molar-refractivity contribution in [2.45, 2.75) is 51.9 Å². The summed E-state index contributed by atoms with van der Waals surface area (Å²) in [6.07, 6.45) is 3.64. The van der Waals surface area contributed by atoms with Gasteiger partial charge in [0.25, 0.3) is 5.56 Å². The van der Waals surface area contributed by atoms with E-state index in [1.165, 1.54) is 31.4 Å². The number of hydrogen-bond donors (Lipinski definition) is 2. The van der Waals surface area contributed by atoms with Crippen LogP contribution in [0, 0.1) is 5.82 Å². The van der Waals surface area contributed by atoms with Crippen molar-refractivity contribution in [1.82, 2.24) is 20.1 Å². The van der Waals surface area contributed by atoms with Crippen LogP contribution in [-0.4, -0.2) is 41.1 Å². The second-order valence-electron chi connectivity index (χ2n) is 10.6. The van der Waals surface area contributed by atoms with Gasteiger partial charge in [0.15, 0.2) is 0 Å². The first kappa shape index (κ1) is 28.5. The lowest BCUT2D eigenvalue weighted by Gasteiger charge is -2.27. The Bertz CT molecular complexity index is 1520. The van der Waals surface area contributed by atoms with Crippen molar-refractivity contribution < 1.29 is 13.9 Å². The first-order chi connectivity index (χ1) is 20.0. The molecule has 0 spiro atoms. The number of halogens is 1. The third-order valence-electron chi connectivity index (χ3n) is 7.58. The van der Waals surface area contributed by atoms with Gasteiger partial charge in [-0.15, -0.1) is 0 Å². The standard InChI is InChI=1S/C33H37FN4O3/c1-24(32(39)36-22-25-10-13-28(34)14-11-25)35-23-27-20-26-12-15-30(41-29-8-4-2-5-9-29)21-31(26)38(33(27)40)19-18-37-16-6-3-7-17-37/h2,4-5,8-15,20-21,24,35H,3,6-7,16-19,22-23H2,1H3,(H,36,39)/t24-/m0/s1. The number of amides is 1. The Hall–Kier alpha value is -4.01. The zero-order valence-electron chi connectivity index (χ0n) is 23.4. The Labute approximate surface area is 239 Å². The Balaban J connectivity index is 1.33. The van der Waals surface area contributed by atoms with E-state index >= 15 is 0 Å². The number of carbonyl (C=O) groups is 1. The molecule has 8 heteroatoms. The second-order valence-corrected chi connectivity index (χ2v) is 10.6. The number of ether oxygens (including phenoxy) is 1. The Morgan fingerprint density at radius 1 is 0.902 bits per heavy atom. The number of nitrogens with zero attached hydrogens (tertiary/aromatic N) is 2. The SMILES string of the molecule is C[C@H](NCc1cc2ccc(Oc3ccccc3)cc2n(CCN2CCCCC2)c1=O)C(=O)NCc1ccc(F)cc1. The molecule has 1 aromatic heterocycles. The Kier molecular flexibility index (Phi) is 9.44. The van der Waals surface area contributed by atoms with Gasteiger partial charge in [-0.3, -0.25) is 9.59 Å². The third kappa shape index (κ3) is 7.60. The largest absolute Gasteiger partial charge is 0.457 e. The lowest BCUT2D eigenvalue weighted by molar-refractivity contribution is -0.122. The van der Waals surface area contributed by atoms with Gasteiger partial charge in [-0.05, 0) is 86.3 Å². The van der Waals surface area contributed by atoms with Gasteiger partial charge < -0.3 is 24.8 Å². The fourth-order valence-corrected chi connectivity index (χ4v) is 5.17. The number of likely N-dealkylation sites (tertiary alicyclic amines) is 1. The van der Waals surface area contributed by atoms with Crippen LogP contribution in [0.15, 0.2) is 83.7 Å². The molecule has 3 aromatic carbocycles. The maximum Gasteiger partial charge on any atom is 0.255 e. The highest BCUT2D eigenvalue weighted by molar-refractivity contribution is 5.82. The van der Waals surface area contributed by atoms with Gasteiger partial charge in [-0.25, -0.2) is 4.39 Å². The van der Waals surface area contributed by atoms with Gasteiger partial charge in [0.2, 0.25) is 5.91 Å². The highest BCUT2D eigenvalue weighted by Gasteiger charge is 2.17. The fourth-order valence-electron chi connectivity index (χ4n) is 5.17. The lowest BCUT2D eigenvalue weighted by Crippen LogP contribution is -2.42. The van der Waals surface area contributed by atoms with Crippen molar-refractivity contribution in [1.29, 1.82) is 0 Å². The average molecular weight is 557 g/mol. The molecule has 41 heavy (non-hydrogen) atoms. The van der Waals surface area contributed by atoms with E-state index in [2.05, 4.69) is 15.5 Å². The molecule has 0 aliphatic carbocycles. The van der Waals surface area contributed by atoms with E-state index in [0.29, 0.717) is 24.4 Å². The number of para-hydroxylation sites is 1. The third-order valence-corrected chi connectivity index (χ3v) is 7.58. The second kappa shape index (κ2) is 13.6. The lowest BCUT2D eigenvalue weighted by atomic mass is 10.1. The topological polar surface area (TPSA) is 75.6 Å². The number of aromatic nitrogens is 1. The number of piperidine rings is 1. The molecule has 2 heterocycles. The first-order valence-electron chi connectivity index (χ1n) is 14.3. The van der Waals surface area contributed by atoms with Crippen LogP contribution in [0.1, 0.15) is 37.3 Å². The summed E-state index contributed by atoms with van der Waals surface area (Å²) in [6, 6.07) is 22.8. The quantitative estimate of drug-likeness (QED) is 0.265. The molecule has 1 saturated heterocycles.